The third-order valence-electron chi connectivity index (χ3n) is 4.12. The van der Waals surface area contributed by atoms with Crippen molar-refractivity contribution in [3.63, 3.8) is 0 Å². The second kappa shape index (κ2) is 5.31. The minimum atomic E-state index is -1.11. The first kappa shape index (κ1) is 16.1. The van der Waals surface area contributed by atoms with Crippen molar-refractivity contribution in [3.05, 3.63) is 15.9 Å². The molecule has 0 spiro atoms. The van der Waals surface area contributed by atoms with Crippen LogP contribution in [0.4, 0.5) is 0 Å². The maximum absolute atomic E-state index is 11.5. The fourth-order valence-corrected chi connectivity index (χ4v) is 3.80. The zero-order valence-electron chi connectivity index (χ0n) is 13.1. The van der Waals surface area contributed by atoms with Gasteiger partial charge in [0.05, 0.1) is 12.0 Å². The molecule has 2 aliphatic rings. The average Bonchev–Trinajstić information content (AvgIpc) is 3.09. The largest absolute Gasteiger partial charge is 0.479 e. The summed E-state index contributed by atoms with van der Waals surface area (Å²) in [6.07, 6.45) is -1.48. The smallest absolute Gasteiger partial charge is 0.335 e. The Morgan fingerprint density at radius 1 is 1.33 bits per heavy atom. The predicted molar refractivity (Wildman–Crippen MR) is 88.1 cm³/mol. The van der Waals surface area contributed by atoms with E-state index < -0.39 is 36.3 Å². The van der Waals surface area contributed by atoms with E-state index in [1.54, 1.807) is 24.7 Å². The van der Waals surface area contributed by atoms with Crippen molar-refractivity contribution in [3.8, 4) is 0 Å². The van der Waals surface area contributed by atoms with E-state index >= 15 is 0 Å². The van der Waals surface area contributed by atoms with Gasteiger partial charge in [-0.2, -0.15) is 0 Å². The molecule has 1 N–H and O–H groups in total. The number of hydrogen-bond donors (Lipinski definition) is 1. The van der Waals surface area contributed by atoms with E-state index in [4.69, 9.17) is 14.2 Å². The van der Waals surface area contributed by atoms with Crippen molar-refractivity contribution in [2.75, 3.05) is 0 Å². The molecule has 0 radical (unpaired) electrons. The predicted octanol–water partition coefficient (Wildman–Crippen LogP) is 1.24. The number of rotatable bonds is 2. The van der Waals surface area contributed by atoms with Gasteiger partial charge >= 0.3 is 5.97 Å². The molecular formula is C14H15IN4O5. The van der Waals surface area contributed by atoms with Crippen LogP contribution in [0.2, 0.25) is 0 Å². The lowest BCUT2D eigenvalue weighted by Gasteiger charge is -2.23. The number of aliphatic carboxylic acids is 1. The Kier molecular flexibility index (Phi) is 3.57. The quantitative estimate of drug-likeness (QED) is 0.543. The average molecular weight is 446 g/mol. The summed E-state index contributed by atoms with van der Waals surface area (Å²) in [5.74, 6) is -1.96. The van der Waals surface area contributed by atoms with Crippen molar-refractivity contribution in [2.45, 2.75) is 51.1 Å². The molecule has 10 heteroatoms. The van der Waals surface area contributed by atoms with Gasteiger partial charge in [0.1, 0.15) is 17.7 Å². The molecule has 2 saturated heterocycles. The number of aryl methyl sites for hydroxylation is 1. The highest BCUT2D eigenvalue weighted by Gasteiger charge is 2.58. The Bertz CT molecular complexity index is 838. The molecule has 4 rings (SSSR count). The number of ether oxygens (including phenoxy) is 3. The number of carboxylic acid groups (broad SMARTS) is 1. The van der Waals surface area contributed by atoms with Crippen LogP contribution in [0.25, 0.3) is 11.2 Å². The van der Waals surface area contributed by atoms with Crippen LogP contribution >= 0.6 is 22.6 Å². The molecule has 0 aromatic carbocycles. The fourth-order valence-electron chi connectivity index (χ4n) is 3.21. The summed E-state index contributed by atoms with van der Waals surface area (Å²) in [6.45, 7) is 5.35. The van der Waals surface area contributed by atoms with Crippen LogP contribution in [-0.2, 0) is 19.0 Å². The van der Waals surface area contributed by atoms with Gasteiger partial charge in [0.15, 0.2) is 27.6 Å². The lowest BCUT2D eigenvalue weighted by molar-refractivity contribution is -0.202. The molecule has 0 amide bonds. The summed E-state index contributed by atoms with van der Waals surface area (Å²) >= 11 is 2.03. The Morgan fingerprint density at radius 2 is 2.04 bits per heavy atom. The molecule has 2 aromatic rings. The van der Waals surface area contributed by atoms with Crippen LogP contribution in [0.3, 0.4) is 0 Å². The Morgan fingerprint density at radius 3 is 2.75 bits per heavy atom. The molecule has 0 saturated carbocycles. The monoisotopic (exact) mass is 446 g/mol. The van der Waals surface area contributed by atoms with Gasteiger partial charge in [-0.15, -0.1) is 0 Å². The fraction of sp³-hybridized carbons (Fsp3) is 0.571. The van der Waals surface area contributed by atoms with E-state index in [1.165, 1.54) is 0 Å². The van der Waals surface area contributed by atoms with Gasteiger partial charge < -0.3 is 19.3 Å². The van der Waals surface area contributed by atoms with Crippen molar-refractivity contribution >= 4 is 39.7 Å². The SMILES string of the molecule is Cc1nc(I)nc2c1ncn2[C@@H]1O[C@H](C(=O)O)[C@H]2OC(C)(C)O[C@H]21. The van der Waals surface area contributed by atoms with Crippen molar-refractivity contribution < 1.29 is 24.1 Å². The zero-order valence-corrected chi connectivity index (χ0v) is 15.3. The molecule has 4 atom stereocenters. The third-order valence-corrected chi connectivity index (χ3v) is 4.60. The van der Waals surface area contributed by atoms with Gasteiger partial charge in [-0.25, -0.2) is 19.7 Å². The van der Waals surface area contributed by atoms with Gasteiger partial charge in [0.2, 0.25) is 0 Å². The number of fused-ring (bicyclic) bond motifs is 2. The second-order valence-electron chi connectivity index (χ2n) is 6.25. The van der Waals surface area contributed by atoms with Crippen LogP contribution in [0.15, 0.2) is 6.33 Å². The summed E-state index contributed by atoms with van der Waals surface area (Å²) in [7, 11) is 0. The molecule has 0 aliphatic carbocycles. The highest BCUT2D eigenvalue weighted by molar-refractivity contribution is 14.1. The topological polar surface area (TPSA) is 109 Å². The number of hydrogen-bond acceptors (Lipinski definition) is 7. The third kappa shape index (κ3) is 2.39. The number of nitrogens with zero attached hydrogens (tertiary/aromatic N) is 4. The van der Waals surface area contributed by atoms with Crippen molar-refractivity contribution in [1.82, 2.24) is 19.5 Å². The van der Waals surface area contributed by atoms with Gasteiger partial charge in [-0.05, 0) is 20.8 Å². The highest BCUT2D eigenvalue weighted by atomic mass is 127. The molecule has 0 bridgehead atoms. The Labute approximate surface area is 150 Å². The van der Waals surface area contributed by atoms with E-state index in [1.807, 2.05) is 29.5 Å². The van der Waals surface area contributed by atoms with E-state index in [-0.39, 0.29) is 0 Å². The van der Waals surface area contributed by atoms with E-state index in [9.17, 15) is 9.90 Å². The number of halogens is 1. The molecule has 9 nitrogen and oxygen atoms in total. The molecule has 0 unspecified atom stereocenters. The summed E-state index contributed by atoms with van der Waals surface area (Å²) in [6, 6.07) is 0. The first-order valence-electron chi connectivity index (χ1n) is 7.37. The lowest BCUT2D eigenvalue weighted by atomic mass is 10.1. The highest BCUT2D eigenvalue weighted by Crippen LogP contribution is 2.43. The number of aromatic nitrogens is 4. The van der Waals surface area contributed by atoms with Gasteiger partial charge in [0, 0.05) is 22.6 Å². The number of carbonyl (C=O) groups is 1. The second-order valence-corrected chi connectivity index (χ2v) is 7.22. The number of imidazole rings is 1. The summed E-state index contributed by atoms with van der Waals surface area (Å²) < 4.78 is 19.6. The normalized spacial score (nSPS) is 31.5. The van der Waals surface area contributed by atoms with Gasteiger partial charge in [-0.3, -0.25) is 4.57 Å². The molecule has 128 valence electrons. The van der Waals surface area contributed by atoms with E-state index in [2.05, 4.69) is 15.0 Å². The van der Waals surface area contributed by atoms with Crippen molar-refractivity contribution in [2.24, 2.45) is 0 Å². The maximum Gasteiger partial charge on any atom is 0.335 e. The summed E-state index contributed by atoms with van der Waals surface area (Å²) in [5, 5.41) is 9.44. The first-order chi connectivity index (χ1) is 11.3. The van der Waals surface area contributed by atoms with Crippen LogP contribution in [0, 0.1) is 10.8 Å². The zero-order chi connectivity index (χ0) is 17.2. The summed E-state index contributed by atoms with van der Waals surface area (Å²) in [4.78, 5) is 24.6. The molecule has 4 heterocycles. The minimum Gasteiger partial charge on any atom is -0.479 e. The van der Waals surface area contributed by atoms with Crippen LogP contribution < -0.4 is 0 Å². The van der Waals surface area contributed by atoms with E-state index in [0.29, 0.717) is 15.0 Å². The number of carboxylic acids is 1. The van der Waals surface area contributed by atoms with Crippen LogP contribution in [0.1, 0.15) is 25.8 Å². The molecule has 2 fully saturated rings. The summed E-state index contributed by atoms with van der Waals surface area (Å²) in [5.41, 5.74) is 1.97. The maximum atomic E-state index is 11.5. The Balaban J connectivity index is 1.80. The van der Waals surface area contributed by atoms with Crippen LogP contribution in [-0.4, -0.2) is 54.7 Å². The van der Waals surface area contributed by atoms with Crippen LogP contribution in [0.5, 0.6) is 0 Å². The standard InChI is InChI=1S/C14H15IN4O5/c1-5-6-10(18-13(15)17-5)19(4-16-6)11-8-7(9(22-11)12(20)21)23-14(2,3)24-8/h4,7-9,11H,1-3H3,(H,20,21)/t7-,8+,9-,11+/m0/s1. The Hall–Kier alpha value is -1.37. The first-order valence-corrected chi connectivity index (χ1v) is 8.45. The van der Waals surface area contributed by atoms with E-state index in [0.717, 1.165) is 5.69 Å². The van der Waals surface area contributed by atoms with Gasteiger partial charge in [0.25, 0.3) is 0 Å². The van der Waals surface area contributed by atoms with Crippen molar-refractivity contribution in [1.29, 1.82) is 0 Å². The lowest BCUT2D eigenvalue weighted by Crippen LogP contribution is -2.35. The minimum absolute atomic E-state index is 0.563. The molecular weight excluding hydrogens is 431 g/mol. The molecule has 2 aliphatic heterocycles. The molecule has 2 aromatic heterocycles. The molecule has 24 heavy (non-hydrogen) atoms. The van der Waals surface area contributed by atoms with Gasteiger partial charge in [-0.1, -0.05) is 0 Å².